The third-order valence-electron chi connectivity index (χ3n) is 4.92. The van der Waals surface area contributed by atoms with Crippen LogP contribution in [-0.4, -0.2) is 24.7 Å². The molecule has 2 atom stereocenters. The number of hydrogen-bond acceptors (Lipinski definition) is 4. The van der Waals surface area contributed by atoms with Crippen LogP contribution >= 0.6 is 0 Å². The Kier molecular flexibility index (Phi) is 6.71. The van der Waals surface area contributed by atoms with Crippen LogP contribution in [0.15, 0.2) is 18.2 Å². The zero-order chi connectivity index (χ0) is 18.4. The summed E-state index contributed by atoms with van der Waals surface area (Å²) in [6.07, 6.45) is 6.46. The first-order valence-electron chi connectivity index (χ1n) is 9.31. The number of rotatable bonds is 8. The second-order valence-corrected chi connectivity index (χ2v) is 7.30. The van der Waals surface area contributed by atoms with Crippen LogP contribution in [0.2, 0.25) is 0 Å². The minimum Gasteiger partial charge on any atom is -0.493 e. The molecule has 5 nitrogen and oxygen atoms in total. The lowest BCUT2D eigenvalue weighted by atomic mass is 9.95. The van der Waals surface area contributed by atoms with Gasteiger partial charge in [-0.25, -0.2) is 0 Å². The maximum atomic E-state index is 12.4. The number of hydrogen-bond donors (Lipinski definition) is 2. The molecule has 0 aliphatic heterocycles. The maximum absolute atomic E-state index is 12.4. The number of amides is 1. The first-order valence-corrected chi connectivity index (χ1v) is 9.31. The summed E-state index contributed by atoms with van der Waals surface area (Å²) in [7, 11) is 1.64. The van der Waals surface area contributed by atoms with Gasteiger partial charge in [0.1, 0.15) is 0 Å². The summed E-state index contributed by atoms with van der Waals surface area (Å²) < 4.78 is 11.6. The molecule has 1 saturated carbocycles. The maximum Gasteiger partial charge on any atom is 0.240 e. The van der Waals surface area contributed by atoms with Crippen molar-refractivity contribution in [2.24, 2.45) is 5.73 Å². The molecule has 1 aliphatic carbocycles. The predicted molar refractivity (Wildman–Crippen MR) is 99.9 cm³/mol. The number of nitrogens with one attached hydrogen (secondary N) is 1. The minimum atomic E-state index is -0.849. The number of methoxy groups -OCH3 is 1. The lowest BCUT2D eigenvalue weighted by Crippen LogP contribution is -2.52. The van der Waals surface area contributed by atoms with E-state index in [1.54, 1.807) is 14.0 Å². The molecule has 0 aromatic heterocycles. The first-order chi connectivity index (χ1) is 11.9. The number of carbonyl (C=O) groups is 1. The Hall–Kier alpha value is -1.75. The summed E-state index contributed by atoms with van der Waals surface area (Å²) in [4.78, 5) is 12.4. The van der Waals surface area contributed by atoms with Gasteiger partial charge in [0.15, 0.2) is 11.5 Å². The Morgan fingerprint density at radius 3 is 2.64 bits per heavy atom. The lowest BCUT2D eigenvalue weighted by Gasteiger charge is -2.26. The standard InChI is InChI=1S/C20H32N2O3/c1-5-12-20(3,21)19(23)22-14(2)15-10-11-17(18(13-15)24-4)25-16-8-6-7-9-16/h10-11,13-14,16H,5-9,12,21H2,1-4H3,(H,22,23). The van der Waals surface area contributed by atoms with E-state index in [0.29, 0.717) is 12.2 Å². The van der Waals surface area contributed by atoms with Crippen molar-refractivity contribution in [1.29, 1.82) is 0 Å². The van der Waals surface area contributed by atoms with E-state index >= 15 is 0 Å². The second kappa shape index (κ2) is 8.56. The average Bonchev–Trinajstić information content (AvgIpc) is 3.08. The van der Waals surface area contributed by atoms with Crippen molar-refractivity contribution in [1.82, 2.24) is 5.32 Å². The molecule has 2 rings (SSSR count). The zero-order valence-electron chi connectivity index (χ0n) is 15.9. The Bertz CT molecular complexity index is 580. The van der Waals surface area contributed by atoms with Crippen LogP contribution in [0.3, 0.4) is 0 Å². The van der Waals surface area contributed by atoms with Crippen LogP contribution in [0.4, 0.5) is 0 Å². The van der Waals surface area contributed by atoms with Gasteiger partial charge in [0, 0.05) is 0 Å². The Morgan fingerprint density at radius 2 is 2.04 bits per heavy atom. The smallest absolute Gasteiger partial charge is 0.240 e. The molecular formula is C20H32N2O3. The fraction of sp³-hybridized carbons (Fsp3) is 0.650. The lowest BCUT2D eigenvalue weighted by molar-refractivity contribution is -0.126. The summed E-state index contributed by atoms with van der Waals surface area (Å²) in [6, 6.07) is 5.69. The fourth-order valence-electron chi connectivity index (χ4n) is 3.31. The van der Waals surface area contributed by atoms with E-state index in [9.17, 15) is 4.79 Å². The molecule has 1 aliphatic rings. The summed E-state index contributed by atoms with van der Waals surface area (Å²) >= 11 is 0. The molecule has 0 radical (unpaired) electrons. The topological polar surface area (TPSA) is 73.6 Å². The van der Waals surface area contributed by atoms with Crippen molar-refractivity contribution in [2.45, 2.75) is 77.0 Å². The molecule has 2 unspecified atom stereocenters. The molecule has 140 valence electrons. The van der Waals surface area contributed by atoms with Crippen molar-refractivity contribution >= 4 is 5.91 Å². The van der Waals surface area contributed by atoms with Crippen molar-refractivity contribution in [3.63, 3.8) is 0 Å². The minimum absolute atomic E-state index is 0.132. The monoisotopic (exact) mass is 348 g/mol. The molecule has 5 heteroatoms. The Morgan fingerprint density at radius 1 is 1.36 bits per heavy atom. The van der Waals surface area contributed by atoms with Crippen LogP contribution < -0.4 is 20.5 Å². The van der Waals surface area contributed by atoms with Crippen LogP contribution in [0, 0.1) is 0 Å². The summed E-state index contributed by atoms with van der Waals surface area (Å²) in [5.41, 5.74) is 6.23. The van der Waals surface area contributed by atoms with Gasteiger partial charge < -0.3 is 20.5 Å². The van der Waals surface area contributed by atoms with Crippen molar-refractivity contribution in [3.05, 3.63) is 23.8 Å². The Labute approximate surface area is 151 Å². The highest BCUT2D eigenvalue weighted by Gasteiger charge is 2.28. The average molecular weight is 348 g/mol. The molecule has 25 heavy (non-hydrogen) atoms. The zero-order valence-corrected chi connectivity index (χ0v) is 15.9. The van der Waals surface area contributed by atoms with Gasteiger partial charge in [-0.15, -0.1) is 0 Å². The summed E-state index contributed by atoms with van der Waals surface area (Å²) in [5.74, 6) is 1.34. The highest BCUT2D eigenvalue weighted by atomic mass is 16.5. The highest BCUT2D eigenvalue weighted by Crippen LogP contribution is 2.33. The molecule has 1 aromatic carbocycles. The molecule has 0 bridgehead atoms. The molecule has 0 spiro atoms. The first kappa shape index (κ1) is 19.6. The molecular weight excluding hydrogens is 316 g/mol. The van der Waals surface area contributed by atoms with Crippen molar-refractivity contribution < 1.29 is 14.3 Å². The highest BCUT2D eigenvalue weighted by molar-refractivity contribution is 5.85. The summed E-state index contributed by atoms with van der Waals surface area (Å²) in [5, 5.41) is 3.00. The van der Waals surface area contributed by atoms with Gasteiger partial charge in [0.25, 0.3) is 0 Å². The van der Waals surface area contributed by atoms with E-state index in [1.165, 1.54) is 12.8 Å². The number of nitrogens with two attached hydrogens (primary N) is 1. The molecule has 1 amide bonds. The van der Waals surface area contributed by atoms with Crippen LogP contribution in [0.5, 0.6) is 11.5 Å². The van der Waals surface area contributed by atoms with Crippen molar-refractivity contribution in [3.8, 4) is 11.5 Å². The number of ether oxygens (including phenoxy) is 2. The van der Waals surface area contributed by atoms with Gasteiger partial charge in [-0.2, -0.15) is 0 Å². The van der Waals surface area contributed by atoms with Gasteiger partial charge in [0.05, 0.1) is 24.8 Å². The molecule has 1 fully saturated rings. The molecule has 1 aromatic rings. The third kappa shape index (κ3) is 5.11. The van der Waals surface area contributed by atoms with Gasteiger partial charge in [0.2, 0.25) is 5.91 Å². The van der Waals surface area contributed by atoms with E-state index in [1.807, 2.05) is 32.0 Å². The van der Waals surface area contributed by atoms with E-state index < -0.39 is 5.54 Å². The van der Waals surface area contributed by atoms with E-state index in [4.69, 9.17) is 15.2 Å². The third-order valence-corrected chi connectivity index (χ3v) is 4.92. The largest absolute Gasteiger partial charge is 0.493 e. The van der Waals surface area contributed by atoms with Crippen molar-refractivity contribution in [2.75, 3.05) is 7.11 Å². The number of benzene rings is 1. The van der Waals surface area contributed by atoms with E-state index in [2.05, 4.69) is 5.32 Å². The van der Waals surface area contributed by atoms with Gasteiger partial charge >= 0.3 is 0 Å². The van der Waals surface area contributed by atoms with Crippen LogP contribution in [-0.2, 0) is 4.79 Å². The van der Waals surface area contributed by atoms with E-state index in [-0.39, 0.29) is 18.1 Å². The van der Waals surface area contributed by atoms with Gasteiger partial charge in [-0.3, -0.25) is 4.79 Å². The Balaban J connectivity index is 2.06. The quantitative estimate of drug-likeness (QED) is 0.751. The van der Waals surface area contributed by atoms with Gasteiger partial charge in [-0.05, 0) is 63.6 Å². The second-order valence-electron chi connectivity index (χ2n) is 7.30. The van der Waals surface area contributed by atoms with Gasteiger partial charge in [-0.1, -0.05) is 19.4 Å². The predicted octanol–water partition coefficient (Wildman–Crippen LogP) is 3.71. The number of carbonyl (C=O) groups excluding carboxylic acids is 1. The van der Waals surface area contributed by atoms with Crippen LogP contribution in [0.25, 0.3) is 0 Å². The van der Waals surface area contributed by atoms with E-state index in [0.717, 1.165) is 30.6 Å². The molecule has 0 heterocycles. The summed E-state index contributed by atoms with van der Waals surface area (Å²) in [6.45, 7) is 5.75. The molecule has 3 N–H and O–H groups in total. The fourth-order valence-corrected chi connectivity index (χ4v) is 3.31. The molecule has 0 saturated heterocycles. The van der Waals surface area contributed by atoms with Crippen LogP contribution in [0.1, 0.15) is 70.9 Å². The SMILES string of the molecule is CCCC(C)(N)C(=O)NC(C)c1ccc(OC2CCCC2)c(OC)c1. The normalized spacial score (nSPS) is 18.4.